The van der Waals surface area contributed by atoms with E-state index in [-0.39, 0.29) is 46.8 Å². The van der Waals surface area contributed by atoms with Gasteiger partial charge in [0.15, 0.2) is 5.78 Å². The topological polar surface area (TPSA) is 118 Å². The summed E-state index contributed by atoms with van der Waals surface area (Å²) in [7, 11) is 3.21. The predicted molar refractivity (Wildman–Crippen MR) is 181 cm³/mol. The highest BCUT2D eigenvalue weighted by atomic mass is 35.5. The van der Waals surface area contributed by atoms with Gasteiger partial charge in [-0.1, -0.05) is 29.8 Å². The van der Waals surface area contributed by atoms with Crippen LogP contribution < -0.4 is 5.32 Å². The van der Waals surface area contributed by atoms with Gasteiger partial charge in [0, 0.05) is 62.3 Å². The molecule has 3 aromatic rings. The summed E-state index contributed by atoms with van der Waals surface area (Å²) in [5.74, 6) is -4.26. The monoisotopic (exact) mass is 701 g/mol. The highest BCUT2D eigenvalue weighted by molar-refractivity contribution is 7.17. The molecule has 6 rings (SSSR count). The van der Waals surface area contributed by atoms with Crippen molar-refractivity contribution in [3.8, 4) is 0 Å². The van der Waals surface area contributed by atoms with Crippen molar-refractivity contribution < 1.29 is 38.1 Å². The number of carbonyl (C=O) groups excluding carboxylic acids is 2. The Kier molecular flexibility index (Phi) is 10.8. The quantitative estimate of drug-likeness (QED) is 0.241. The fraction of sp³-hybridized carbons (Fsp3) is 0.514. The number of anilines is 1. The number of halogens is 2. The van der Waals surface area contributed by atoms with Gasteiger partial charge in [0.1, 0.15) is 5.82 Å². The second kappa shape index (κ2) is 14.9. The molecule has 48 heavy (non-hydrogen) atoms. The summed E-state index contributed by atoms with van der Waals surface area (Å²) < 4.78 is 35.2. The van der Waals surface area contributed by atoms with Gasteiger partial charge >= 0.3 is 5.97 Å². The number of hydrogen-bond acceptors (Lipinski definition) is 9. The zero-order valence-electron chi connectivity index (χ0n) is 27.1. The molecule has 0 spiro atoms. The molecule has 3 fully saturated rings. The van der Waals surface area contributed by atoms with Gasteiger partial charge in [0.2, 0.25) is 5.85 Å². The van der Waals surface area contributed by atoms with Gasteiger partial charge in [-0.2, -0.15) is 0 Å². The number of nitrogens with zero attached hydrogens (tertiary/aromatic N) is 2. The number of aliphatic carboxylic acids is 1. The molecule has 2 aromatic carbocycles. The zero-order chi connectivity index (χ0) is 34.0. The summed E-state index contributed by atoms with van der Waals surface area (Å²) in [5, 5.41) is 15.0. The van der Waals surface area contributed by atoms with Crippen LogP contribution in [0, 0.1) is 11.7 Å². The maximum atomic E-state index is 15.9. The highest BCUT2D eigenvalue weighted by Crippen LogP contribution is 2.39. The van der Waals surface area contributed by atoms with Gasteiger partial charge in [-0.3, -0.25) is 24.2 Å². The summed E-state index contributed by atoms with van der Waals surface area (Å²) in [6.45, 7) is 1.92. The number of thiophene rings is 1. The fourth-order valence-corrected chi connectivity index (χ4v) is 8.52. The van der Waals surface area contributed by atoms with E-state index in [9.17, 15) is 19.5 Å². The first kappa shape index (κ1) is 34.9. The Labute approximate surface area is 288 Å². The van der Waals surface area contributed by atoms with Crippen LogP contribution in [0.4, 0.5) is 10.1 Å². The Morgan fingerprint density at radius 2 is 1.69 bits per heavy atom. The Bertz CT molecular complexity index is 1650. The van der Waals surface area contributed by atoms with Crippen molar-refractivity contribution in [3.05, 3.63) is 63.7 Å². The van der Waals surface area contributed by atoms with Gasteiger partial charge in [-0.25, -0.2) is 4.39 Å². The molecule has 2 N–H and O–H groups in total. The molecule has 3 heterocycles. The molecule has 2 saturated heterocycles. The van der Waals surface area contributed by atoms with Gasteiger partial charge < -0.3 is 24.6 Å². The minimum Gasteiger partial charge on any atom is -0.481 e. The van der Waals surface area contributed by atoms with E-state index in [1.807, 2.05) is 34.1 Å². The van der Waals surface area contributed by atoms with Crippen LogP contribution >= 0.6 is 22.9 Å². The van der Waals surface area contributed by atoms with Crippen LogP contribution in [-0.2, 0) is 30.2 Å². The van der Waals surface area contributed by atoms with Gasteiger partial charge in [0.25, 0.3) is 5.91 Å². The fourth-order valence-electron chi connectivity index (χ4n) is 7.34. The number of fused-ring (bicyclic) bond motifs is 1. The van der Waals surface area contributed by atoms with Crippen LogP contribution in [0.25, 0.3) is 10.1 Å². The molecule has 1 aromatic heterocycles. The third kappa shape index (κ3) is 6.89. The summed E-state index contributed by atoms with van der Waals surface area (Å²) in [4.78, 5) is 43.6. The second-order valence-electron chi connectivity index (χ2n) is 12.8. The summed E-state index contributed by atoms with van der Waals surface area (Å²) in [5.41, 5.74) is 0.649. The maximum absolute atomic E-state index is 15.9. The third-order valence-corrected chi connectivity index (χ3v) is 11.2. The molecule has 1 unspecified atom stereocenters. The first-order chi connectivity index (χ1) is 23.1. The predicted octanol–water partition coefficient (Wildman–Crippen LogP) is 5.81. The van der Waals surface area contributed by atoms with E-state index in [0.29, 0.717) is 57.4 Å². The number of carboxylic acid groups (broad SMARTS) is 1. The number of hydrogen-bond donors (Lipinski definition) is 2. The number of nitrogens with one attached hydrogen (secondary N) is 1. The molecule has 1 amide bonds. The van der Waals surface area contributed by atoms with E-state index in [1.54, 1.807) is 19.6 Å². The van der Waals surface area contributed by atoms with E-state index in [0.717, 1.165) is 29.0 Å². The van der Waals surface area contributed by atoms with Crippen molar-refractivity contribution in [1.29, 1.82) is 0 Å². The first-order valence-electron chi connectivity index (χ1n) is 16.4. The largest absolute Gasteiger partial charge is 0.481 e. The molecular formula is C35H41ClFN3O7S. The van der Waals surface area contributed by atoms with Crippen LogP contribution in [0.1, 0.15) is 54.4 Å². The van der Waals surface area contributed by atoms with Crippen LogP contribution in [0.15, 0.2) is 41.8 Å². The summed E-state index contributed by atoms with van der Waals surface area (Å²) >= 11 is 8.07. The molecular weight excluding hydrogens is 661 g/mol. The lowest BCUT2D eigenvalue weighted by Crippen LogP contribution is -2.67. The van der Waals surface area contributed by atoms with E-state index >= 15 is 4.39 Å². The van der Waals surface area contributed by atoms with E-state index < -0.39 is 29.5 Å². The Balaban J connectivity index is 1.29. The van der Waals surface area contributed by atoms with Crippen molar-refractivity contribution >= 4 is 56.4 Å². The number of ether oxygens (including phenoxy) is 3. The Hall–Kier alpha value is -2.97. The number of Topliss-reactive ketones (excluding diaryl/α,β-unsaturated/α-hetero) is 1. The van der Waals surface area contributed by atoms with E-state index in [4.69, 9.17) is 25.8 Å². The molecule has 1 aliphatic carbocycles. The lowest BCUT2D eigenvalue weighted by atomic mass is 9.87. The molecule has 258 valence electrons. The molecule has 2 aliphatic heterocycles. The summed E-state index contributed by atoms with van der Waals surface area (Å²) in [6.07, 6.45) is 2.30. The molecule has 0 radical (unpaired) electrons. The lowest BCUT2D eigenvalue weighted by Gasteiger charge is -2.48. The van der Waals surface area contributed by atoms with Crippen molar-refractivity contribution in [1.82, 2.24) is 9.80 Å². The standard InChI is InChI=1S/C35H41ClFN3O7S/c1-45-29-18-40(19-30(29)46-2)35(39-13-5-6-14-39,47-23-11-9-21(10-12-23)34(43)44)32(41)16-22-15-26(36)28(17-27(22)37)38-33(42)25-20-48-31-8-4-3-7-24(25)31/h3-4,7-8,15,17,20-21,23,29-30H,5-6,9-14,16,18-19H2,1-2H3,(H,38,42)(H,43,44)/t21?,23?,29-,30-,35?/m0/s1. The van der Waals surface area contributed by atoms with Gasteiger partial charge in [0.05, 0.1) is 40.5 Å². The van der Waals surface area contributed by atoms with Crippen molar-refractivity contribution in [2.24, 2.45) is 5.92 Å². The van der Waals surface area contributed by atoms with Crippen LogP contribution in [0.2, 0.25) is 5.02 Å². The third-order valence-electron chi connectivity index (χ3n) is 9.96. The first-order valence-corrected chi connectivity index (χ1v) is 17.7. The lowest BCUT2D eigenvalue weighted by molar-refractivity contribution is -0.253. The highest BCUT2D eigenvalue weighted by Gasteiger charge is 2.56. The number of amides is 1. The average molecular weight is 702 g/mol. The van der Waals surface area contributed by atoms with E-state index in [2.05, 4.69) is 5.32 Å². The van der Waals surface area contributed by atoms with Crippen LogP contribution in [0.3, 0.4) is 0 Å². The molecule has 0 bridgehead atoms. The van der Waals surface area contributed by atoms with Crippen molar-refractivity contribution in [3.63, 3.8) is 0 Å². The van der Waals surface area contributed by atoms with Crippen LogP contribution in [0.5, 0.6) is 0 Å². The van der Waals surface area contributed by atoms with Crippen molar-refractivity contribution in [2.75, 3.05) is 45.7 Å². The van der Waals surface area contributed by atoms with Crippen LogP contribution in [-0.4, -0.2) is 97.1 Å². The Morgan fingerprint density at radius 3 is 2.33 bits per heavy atom. The smallest absolute Gasteiger partial charge is 0.306 e. The SMILES string of the molecule is CO[C@H]1CN(C(OC2CCC(C(=O)O)CC2)(C(=O)Cc2cc(Cl)c(NC(=O)c3csc4ccccc34)cc2F)N2CCCC2)C[C@@H]1OC. The number of methoxy groups -OCH3 is 2. The molecule has 1 saturated carbocycles. The minimum atomic E-state index is -1.55. The minimum absolute atomic E-state index is 0.0801. The number of likely N-dealkylation sites (tertiary alicyclic amines) is 2. The Morgan fingerprint density at radius 1 is 1.02 bits per heavy atom. The molecule has 3 aliphatic rings. The number of ketones is 1. The van der Waals surface area contributed by atoms with Crippen molar-refractivity contribution in [2.45, 2.75) is 69.1 Å². The van der Waals surface area contributed by atoms with E-state index in [1.165, 1.54) is 17.4 Å². The second-order valence-corrected chi connectivity index (χ2v) is 14.1. The number of benzene rings is 2. The molecule has 3 atom stereocenters. The number of carboxylic acids is 1. The molecule has 13 heteroatoms. The maximum Gasteiger partial charge on any atom is 0.306 e. The average Bonchev–Trinajstić information content (AvgIpc) is 3.86. The van der Waals surface area contributed by atoms with Gasteiger partial charge in [-0.15, -0.1) is 11.3 Å². The molecule has 10 nitrogen and oxygen atoms in total. The van der Waals surface area contributed by atoms with Gasteiger partial charge in [-0.05, 0) is 62.3 Å². The zero-order valence-corrected chi connectivity index (χ0v) is 28.7. The summed E-state index contributed by atoms with van der Waals surface area (Å²) in [6, 6.07) is 10.1. The number of rotatable bonds is 12. The normalized spacial score (nSPS) is 24.9. The number of carbonyl (C=O) groups is 3.